The number of fused-ring (bicyclic) bond motifs is 3. The summed E-state index contributed by atoms with van der Waals surface area (Å²) in [6, 6.07) is 9.87. The Morgan fingerprint density at radius 3 is 2.84 bits per heavy atom. The number of ether oxygens (including phenoxy) is 1. The van der Waals surface area contributed by atoms with Crippen LogP contribution in [0.2, 0.25) is 0 Å². The summed E-state index contributed by atoms with van der Waals surface area (Å²) in [4.78, 5) is 18.8. The molecule has 2 heterocycles. The molecule has 0 bridgehead atoms. The third-order valence-corrected chi connectivity index (χ3v) is 3.13. The summed E-state index contributed by atoms with van der Waals surface area (Å²) in [6.07, 6.45) is 0.776. The zero-order valence-electron chi connectivity index (χ0n) is 10.9. The van der Waals surface area contributed by atoms with E-state index in [0.717, 1.165) is 33.9 Å². The second kappa shape index (κ2) is 4.39. The molecule has 0 aliphatic rings. The molecule has 96 valence electrons. The molecule has 0 spiro atoms. The first-order valence-electron chi connectivity index (χ1n) is 6.27. The third-order valence-electron chi connectivity index (χ3n) is 3.13. The number of aromatic nitrogens is 2. The van der Waals surface area contributed by atoms with E-state index in [1.807, 2.05) is 37.3 Å². The molecule has 0 saturated heterocycles. The number of H-pyrrole nitrogens is 1. The molecular formula is C15H14N2O2. The van der Waals surface area contributed by atoms with Crippen molar-refractivity contribution in [1.29, 1.82) is 0 Å². The largest absolute Gasteiger partial charge is 0.408 e. The molecule has 0 atom stereocenters. The Morgan fingerprint density at radius 1 is 1.32 bits per heavy atom. The number of benzene rings is 1. The summed E-state index contributed by atoms with van der Waals surface area (Å²) in [6.45, 7) is 3.41. The van der Waals surface area contributed by atoms with Gasteiger partial charge in [-0.1, -0.05) is 25.1 Å². The van der Waals surface area contributed by atoms with E-state index in [0.29, 0.717) is 5.88 Å². The summed E-state index contributed by atoms with van der Waals surface area (Å²) < 4.78 is 5.12. The van der Waals surface area contributed by atoms with E-state index in [-0.39, 0.29) is 5.97 Å². The number of esters is 1. The highest BCUT2D eigenvalue weighted by atomic mass is 16.5. The molecule has 0 saturated carbocycles. The van der Waals surface area contributed by atoms with E-state index >= 15 is 0 Å². The average Bonchev–Trinajstić information content (AvgIpc) is 2.76. The van der Waals surface area contributed by atoms with Gasteiger partial charge in [0.05, 0.1) is 11.2 Å². The number of nitrogens with one attached hydrogen (secondary N) is 1. The SMILES string of the molecule is CCc1nc(OC(C)=O)cc2c1[nH]c1ccccc12. The van der Waals surface area contributed by atoms with Crippen molar-refractivity contribution in [1.82, 2.24) is 9.97 Å². The maximum atomic E-state index is 11.1. The Morgan fingerprint density at radius 2 is 2.11 bits per heavy atom. The van der Waals surface area contributed by atoms with Crippen molar-refractivity contribution >= 4 is 27.8 Å². The van der Waals surface area contributed by atoms with E-state index in [1.54, 1.807) is 0 Å². The van der Waals surface area contributed by atoms with Crippen molar-refractivity contribution < 1.29 is 9.53 Å². The van der Waals surface area contributed by atoms with Gasteiger partial charge in [-0.2, -0.15) is 0 Å². The van der Waals surface area contributed by atoms with Gasteiger partial charge in [-0.05, 0) is 12.5 Å². The minimum atomic E-state index is -0.353. The standard InChI is InChI=1S/C15H14N2O2/c1-3-12-15-11(8-14(16-12)19-9(2)18)10-6-4-5-7-13(10)17-15/h4-8,17H,3H2,1-2H3. The molecule has 0 aliphatic heterocycles. The molecule has 2 aromatic heterocycles. The smallest absolute Gasteiger partial charge is 0.309 e. The maximum Gasteiger partial charge on any atom is 0.309 e. The first kappa shape index (κ1) is 11.7. The lowest BCUT2D eigenvalue weighted by Gasteiger charge is -2.04. The van der Waals surface area contributed by atoms with Gasteiger partial charge in [0.2, 0.25) is 5.88 Å². The Hall–Kier alpha value is -2.36. The number of aryl methyl sites for hydroxylation is 1. The minimum absolute atomic E-state index is 0.353. The predicted octanol–water partition coefficient (Wildman–Crippen LogP) is 3.20. The number of hydrogen-bond donors (Lipinski definition) is 1. The summed E-state index contributed by atoms with van der Waals surface area (Å²) in [5.41, 5.74) is 2.98. The molecule has 3 aromatic rings. The number of rotatable bonds is 2. The van der Waals surface area contributed by atoms with Gasteiger partial charge in [0.1, 0.15) is 0 Å². The Labute approximate surface area is 110 Å². The van der Waals surface area contributed by atoms with Crippen LogP contribution in [0, 0.1) is 0 Å². The average molecular weight is 254 g/mol. The molecule has 4 heteroatoms. The minimum Gasteiger partial charge on any atom is -0.408 e. The molecule has 0 aliphatic carbocycles. The van der Waals surface area contributed by atoms with Gasteiger partial charge in [0.25, 0.3) is 0 Å². The summed E-state index contributed by atoms with van der Waals surface area (Å²) in [5, 5.41) is 2.15. The van der Waals surface area contributed by atoms with Crippen LogP contribution >= 0.6 is 0 Å². The number of para-hydroxylation sites is 1. The molecule has 0 radical (unpaired) electrons. The predicted molar refractivity (Wildman–Crippen MR) is 74.3 cm³/mol. The van der Waals surface area contributed by atoms with E-state index in [4.69, 9.17) is 4.74 Å². The van der Waals surface area contributed by atoms with Crippen LogP contribution in [-0.2, 0) is 11.2 Å². The highest BCUT2D eigenvalue weighted by Gasteiger charge is 2.12. The molecule has 1 aromatic carbocycles. The second-order valence-corrected chi connectivity index (χ2v) is 4.45. The lowest BCUT2D eigenvalue weighted by atomic mass is 10.1. The van der Waals surface area contributed by atoms with Crippen LogP contribution in [-0.4, -0.2) is 15.9 Å². The van der Waals surface area contributed by atoms with Crippen LogP contribution in [0.1, 0.15) is 19.5 Å². The number of pyridine rings is 1. The van der Waals surface area contributed by atoms with Gasteiger partial charge in [0.15, 0.2) is 0 Å². The van der Waals surface area contributed by atoms with Crippen LogP contribution in [0.3, 0.4) is 0 Å². The van der Waals surface area contributed by atoms with E-state index < -0.39 is 0 Å². The third kappa shape index (κ3) is 1.95. The highest BCUT2D eigenvalue weighted by molar-refractivity contribution is 6.08. The van der Waals surface area contributed by atoms with Crippen LogP contribution < -0.4 is 4.74 Å². The van der Waals surface area contributed by atoms with Crippen molar-refractivity contribution in [2.24, 2.45) is 0 Å². The van der Waals surface area contributed by atoms with Gasteiger partial charge in [0, 0.05) is 29.3 Å². The van der Waals surface area contributed by atoms with Gasteiger partial charge < -0.3 is 9.72 Å². The fourth-order valence-electron chi connectivity index (χ4n) is 2.34. The van der Waals surface area contributed by atoms with Gasteiger partial charge >= 0.3 is 5.97 Å². The quantitative estimate of drug-likeness (QED) is 0.714. The molecule has 1 N–H and O–H groups in total. The zero-order chi connectivity index (χ0) is 13.4. The topological polar surface area (TPSA) is 55.0 Å². The molecule has 3 rings (SSSR count). The molecule has 19 heavy (non-hydrogen) atoms. The summed E-state index contributed by atoms with van der Waals surface area (Å²) in [5.74, 6) is 0.00958. The lowest BCUT2D eigenvalue weighted by Crippen LogP contribution is -2.04. The molecule has 0 fully saturated rings. The first-order valence-corrected chi connectivity index (χ1v) is 6.27. The summed E-state index contributed by atoms with van der Waals surface area (Å²) in [7, 11) is 0. The van der Waals surface area contributed by atoms with Crippen molar-refractivity contribution in [2.75, 3.05) is 0 Å². The first-order chi connectivity index (χ1) is 9.19. The fraction of sp³-hybridized carbons (Fsp3) is 0.200. The number of aromatic amines is 1. The highest BCUT2D eigenvalue weighted by Crippen LogP contribution is 2.29. The normalized spacial score (nSPS) is 11.1. The number of carbonyl (C=O) groups is 1. The Bertz CT molecular complexity index is 774. The van der Waals surface area contributed by atoms with E-state index in [1.165, 1.54) is 6.92 Å². The van der Waals surface area contributed by atoms with Gasteiger partial charge in [-0.3, -0.25) is 4.79 Å². The van der Waals surface area contributed by atoms with E-state index in [2.05, 4.69) is 9.97 Å². The van der Waals surface area contributed by atoms with Gasteiger partial charge in [-0.25, -0.2) is 4.98 Å². The number of carbonyl (C=O) groups excluding carboxylic acids is 1. The van der Waals surface area contributed by atoms with Crippen LogP contribution in [0.4, 0.5) is 0 Å². The van der Waals surface area contributed by atoms with Crippen molar-refractivity contribution in [2.45, 2.75) is 20.3 Å². The number of hydrogen-bond acceptors (Lipinski definition) is 3. The van der Waals surface area contributed by atoms with Crippen LogP contribution in [0.25, 0.3) is 21.8 Å². The molecule has 0 amide bonds. The lowest BCUT2D eigenvalue weighted by molar-refractivity contribution is -0.132. The van der Waals surface area contributed by atoms with Crippen molar-refractivity contribution in [3.05, 3.63) is 36.0 Å². The molecule has 4 nitrogen and oxygen atoms in total. The monoisotopic (exact) mass is 254 g/mol. The zero-order valence-corrected chi connectivity index (χ0v) is 10.9. The Balaban J connectivity index is 2.33. The Kier molecular flexibility index (Phi) is 2.71. The maximum absolute atomic E-state index is 11.1. The van der Waals surface area contributed by atoms with Gasteiger partial charge in [-0.15, -0.1) is 0 Å². The van der Waals surface area contributed by atoms with Crippen molar-refractivity contribution in [3.63, 3.8) is 0 Å². The van der Waals surface area contributed by atoms with Crippen molar-refractivity contribution in [3.8, 4) is 5.88 Å². The number of nitrogens with zero attached hydrogens (tertiary/aromatic N) is 1. The van der Waals surface area contributed by atoms with Crippen LogP contribution in [0.15, 0.2) is 30.3 Å². The fourth-order valence-corrected chi connectivity index (χ4v) is 2.34. The second-order valence-electron chi connectivity index (χ2n) is 4.45. The van der Waals surface area contributed by atoms with Crippen LogP contribution in [0.5, 0.6) is 5.88 Å². The van der Waals surface area contributed by atoms with E-state index in [9.17, 15) is 4.79 Å². The molecular weight excluding hydrogens is 240 g/mol. The molecule has 0 unspecified atom stereocenters. The summed E-state index contributed by atoms with van der Waals surface area (Å²) >= 11 is 0.